The van der Waals surface area contributed by atoms with E-state index in [1.54, 1.807) is 13.3 Å². The number of hydrogen-bond acceptors (Lipinski definition) is 6. The fourth-order valence-electron chi connectivity index (χ4n) is 3.61. The Bertz CT molecular complexity index is 1210. The van der Waals surface area contributed by atoms with E-state index in [4.69, 9.17) is 9.72 Å². The van der Waals surface area contributed by atoms with Gasteiger partial charge >= 0.3 is 0 Å². The SMILES string of the molecule is COC(C)(C)c1ccc(Nc2nc(-c3ccc4c(c3)NNC4)cn3ccnc23)cc1. The summed E-state index contributed by atoms with van der Waals surface area (Å²) in [6.45, 7) is 4.93. The molecule has 0 spiro atoms. The Morgan fingerprint density at radius 2 is 1.97 bits per heavy atom. The van der Waals surface area contributed by atoms with Gasteiger partial charge in [-0.2, -0.15) is 0 Å². The molecule has 2 aromatic carbocycles. The minimum atomic E-state index is -0.330. The lowest BCUT2D eigenvalue weighted by Gasteiger charge is -2.23. The maximum Gasteiger partial charge on any atom is 0.180 e. The van der Waals surface area contributed by atoms with Gasteiger partial charge in [-0.25, -0.2) is 15.4 Å². The van der Waals surface area contributed by atoms with E-state index in [2.05, 4.69) is 65.3 Å². The predicted molar refractivity (Wildman–Crippen MR) is 119 cm³/mol. The van der Waals surface area contributed by atoms with Crippen LogP contribution in [0.25, 0.3) is 16.9 Å². The van der Waals surface area contributed by atoms with E-state index in [0.29, 0.717) is 5.82 Å². The van der Waals surface area contributed by atoms with Crippen LogP contribution < -0.4 is 16.2 Å². The fraction of sp³-hybridized carbons (Fsp3) is 0.217. The number of rotatable bonds is 5. The Morgan fingerprint density at radius 1 is 1.13 bits per heavy atom. The Kier molecular flexibility index (Phi) is 4.42. The monoisotopic (exact) mass is 400 g/mol. The van der Waals surface area contributed by atoms with Crippen LogP contribution in [0.15, 0.2) is 61.1 Å². The molecule has 152 valence electrons. The summed E-state index contributed by atoms with van der Waals surface area (Å²) < 4.78 is 7.56. The number of anilines is 3. The lowest BCUT2D eigenvalue weighted by atomic mass is 9.98. The molecule has 0 radical (unpaired) electrons. The smallest absolute Gasteiger partial charge is 0.180 e. The number of hydrazine groups is 1. The molecule has 7 heteroatoms. The van der Waals surface area contributed by atoms with Crippen LogP contribution >= 0.6 is 0 Å². The minimum absolute atomic E-state index is 0.330. The summed E-state index contributed by atoms with van der Waals surface area (Å²) in [6, 6.07) is 14.6. The molecular formula is C23H24N6O. The van der Waals surface area contributed by atoms with Crippen LogP contribution in [0.3, 0.4) is 0 Å². The topological polar surface area (TPSA) is 75.5 Å². The van der Waals surface area contributed by atoms with Crippen molar-refractivity contribution in [3.8, 4) is 11.3 Å². The van der Waals surface area contributed by atoms with Crippen molar-refractivity contribution in [2.24, 2.45) is 0 Å². The number of aromatic nitrogens is 3. The highest BCUT2D eigenvalue weighted by molar-refractivity contribution is 5.75. The third-order valence-corrected chi connectivity index (χ3v) is 5.63. The molecule has 7 nitrogen and oxygen atoms in total. The maximum atomic E-state index is 5.57. The maximum absolute atomic E-state index is 5.57. The van der Waals surface area contributed by atoms with Crippen LogP contribution in [0.2, 0.25) is 0 Å². The van der Waals surface area contributed by atoms with E-state index in [1.807, 2.05) is 28.9 Å². The van der Waals surface area contributed by atoms with E-state index >= 15 is 0 Å². The van der Waals surface area contributed by atoms with Gasteiger partial charge in [0.15, 0.2) is 11.5 Å². The normalized spacial score (nSPS) is 13.3. The molecule has 1 aliphatic heterocycles. The summed E-state index contributed by atoms with van der Waals surface area (Å²) in [5.74, 6) is 0.711. The second kappa shape index (κ2) is 7.12. The van der Waals surface area contributed by atoms with Gasteiger partial charge in [-0.3, -0.25) is 0 Å². The zero-order valence-electron chi connectivity index (χ0n) is 17.2. The molecule has 1 aliphatic rings. The van der Waals surface area contributed by atoms with Crippen molar-refractivity contribution in [3.05, 3.63) is 72.2 Å². The second-order valence-corrected chi connectivity index (χ2v) is 7.90. The van der Waals surface area contributed by atoms with Crippen LogP contribution in [0.5, 0.6) is 0 Å². The third-order valence-electron chi connectivity index (χ3n) is 5.63. The van der Waals surface area contributed by atoms with Crippen molar-refractivity contribution < 1.29 is 4.74 Å². The standard InChI is InChI=1S/C23H24N6O/c1-23(2,30-3)17-6-8-18(9-7-17)26-21-22-24-10-11-29(22)14-20(27-21)15-4-5-16-13-25-28-19(16)12-15/h4-12,14,25,28H,13H2,1-3H3,(H,26,27). The first kappa shape index (κ1) is 18.6. The zero-order valence-corrected chi connectivity index (χ0v) is 17.2. The first-order chi connectivity index (χ1) is 14.5. The highest BCUT2D eigenvalue weighted by Crippen LogP contribution is 2.30. The average molecular weight is 400 g/mol. The first-order valence-corrected chi connectivity index (χ1v) is 9.92. The summed E-state index contributed by atoms with van der Waals surface area (Å²) in [5, 5.41) is 3.43. The van der Waals surface area contributed by atoms with Crippen LogP contribution in [0, 0.1) is 0 Å². The van der Waals surface area contributed by atoms with Crippen molar-refractivity contribution in [1.82, 2.24) is 19.8 Å². The van der Waals surface area contributed by atoms with Crippen molar-refractivity contribution >= 4 is 22.8 Å². The van der Waals surface area contributed by atoms with Crippen LogP contribution in [0.1, 0.15) is 25.0 Å². The largest absolute Gasteiger partial charge is 0.374 e. The number of hydrogen-bond donors (Lipinski definition) is 3. The molecule has 0 aliphatic carbocycles. The molecule has 30 heavy (non-hydrogen) atoms. The molecule has 3 heterocycles. The summed E-state index contributed by atoms with van der Waals surface area (Å²) in [7, 11) is 1.72. The summed E-state index contributed by atoms with van der Waals surface area (Å²) in [4.78, 5) is 9.36. The van der Waals surface area contributed by atoms with Gasteiger partial charge in [0.1, 0.15) is 0 Å². The van der Waals surface area contributed by atoms with Gasteiger partial charge < -0.3 is 19.9 Å². The molecule has 0 atom stereocenters. The summed E-state index contributed by atoms with van der Waals surface area (Å²) in [5.41, 5.74) is 13.1. The first-order valence-electron chi connectivity index (χ1n) is 9.92. The van der Waals surface area contributed by atoms with Crippen molar-refractivity contribution in [3.63, 3.8) is 0 Å². The quantitative estimate of drug-likeness (QED) is 0.460. The van der Waals surface area contributed by atoms with Gasteiger partial charge in [0.25, 0.3) is 0 Å². The van der Waals surface area contributed by atoms with Crippen LogP contribution in [-0.4, -0.2) is 21.5 Å². The Morgan fingerprint density at radius 3 is 2.77 bits per heavy atom. The van der Waals surface area contributed by atoms with Crippen molar-refractivity contribution in [1.29, 1.82) is 0 Å². The fourth-order valence-corrected chi connectivity index (χ4v) is 3.61. The average Bonchev–Trinajstić information content (AvgIpc) is 3.43. The molecule has 3 N–H and O–H groups in total. The molecule has 0 saturated carbocycles. The van der Waals surface area contributed by atoms with E-state index in [-0.39, 0.29) is 5.60 Å². The van der Waals surface area contributed by atoms with E-state index in [1.165, 1.54) is 5.56 Å². The lowest BCUT2D eigenvalue weighted by molar-refractivity contribution is 0.0192. The minimum Gasteiger partial charge on any atom is -0.374 e. The molecule has 4 aromatic rings. The van der Waals surface area contributed by atoms with Gasteiger partial charge in [-0.05, 0) is 43.2 Å². The molecule has 0 amide bonds. The molecule has 0 fully saturated rings. The number of nitrogens with one attached hydrogen (secondary N) is 3. The summed E-state index contributed by atoms with van der Waals surface area (Å²) >= 11 is 0. The Balaban J connectivity index is 1.51. The number of imidazole rings is 1. The van der Waals surface area contributed by atoms with Crippen LogP contribution in [0.4, 0.5) is 17.2 Å². The highest BCUT2D eigenvalue weighted by atomic mass is 16.5. The number of methoxy groups -OCH3 is 1. The lowest BCUT2D eigenvalue weighted by Crippen LogP contribution is -2.19. The molecule has 0 bridgehead atoms. The molecule has 0 saturated heterocycles. The van der Waals surface area contributed by atoms with Crippen molar-refractivity contribution in [2.45, 2.75) is 26.0 Å². The molecule has 0 unspecified atom stereocenters. The second-order valence-electron chi connectivity index (χ2n) is 7.90. The number of ether oxygens (including phenoxy) is 1. The number of benzene rings is 2. The Hall–Kier alpha value is -3.42. The molecule has 5 rings (SSSR count). The summed E-state index contributed by atoms with van der Waals surface area (Å²) in [6.07, 6.45) is 5.72. The molecule has 2 aromatic heterocycles. The van der Waals surface area contributed by atoms with Gasteiger partial charge in [0, 0.05) is 43.5 Å². The predicted octanol–water partition coefficient (Wildman–Crippen LogP) is 4.45. The van der Waals surface area contributed by atoms with Gasteiger partial charge in [-0.15, -0.1) is 0 Å². The number of fused-ring (bicyclic) bond motifs is 2. The molecular weight excluding hydrogens is 376 g/mol. The van der Waals surface area contributed by atoms with Crippen molar-refractivity contribution in [2.75, 3.05) is 17.9 Å². The number of nitrogens with zero attached hydrogens (tertiary/aromatic N) is 3. The van der Waals surface area contributed by atoms with E-state index < -0.39 is 0 Å². The van der Waals surface area contributed by atoms with Crippen LogP contribution in [-0.2, 0) is 16.9 Å². The third kappa shape index (κ3) is 3.28. The van der Waals surface area contributed by atoms with E-state index in [0.717, 1.165) is 40.4 Å². The Labute approximate surface area is 175 Å². The van der Waals surface area contributed by atoms with Gasteiger partial charge in [-0.1, -0.05) is 24.3 Å². The van der Waals surface area contributed by atoms with Gasteiger partial charge in [0.2, 0.25) is 0 Å². The van der Waals surface area contributed by atoms with Gasteiger partial charge in [0.05, 0.1) is 17.0 Å². The zero-order chi connectivity index (χ0) is 20.7. The van der Waals surface area contributed by atoms with E-state index in [9.17, 15) is 0 Å². The highest BCUT2D eigenvalue weighted by Gasteiger charge is 2.19.